The van der Waals surface area contributed by atoms with Crippen LogP contribution in [-0.4, -0.2) is 35.0 Å². The number of carbonyl (C=O) groups is 2. The smallest absolute Gasteiger partial charge is 0.338 e. The van der Waals surface area contributed by atoms with Crippen LogP contribution in [0.15, 0.2) is 72.8 Å². The lowest BCUT2D eigenvalue weighted by atomic mass is 9.96. The third-order valence-electron chi connectivity index (χ3n) is 5.34. The van der Waals surface area contributed by atoms with E-state index in [1.165, 1.54) is 54.6 Å². The van der Waals surface area contributed by atoms with Crippen LogP contribution in [0, 0.1) is 20.2 Å². The van der Waals surface area contributed by atoms with Crippen LogP contribution in [0.5, 0.6) is 0 Å². The highest BCUT2D eigenvalue weighted by Crippen LogP contribution is 2.30. The van der Waals surface area contributed by atoms with Gasteiger partial charge in [0.2, 0.25) is 0 Å². The molecule has 3 aromatic rings. The number of para-hydroxylation sites is 2. The molecule has 0 atom stereocenters. The second-order valence-corrected chi connectivity index (χ2v) is 7.77. The average molecular weight is 517 g/mol. The predicted molar refractivity (Wildman–Crippen MR) is 142 cm³/mol. The monoisotopic (exact) mass is 516 g/mol. The summed E-state index contributed by atoms with van der Waals surface area (Å²) in [4.78, 5) is 47.8. The van der Waals surface area contributed by atoms with E-state index in [-0.39, 0.29) is 46.9 Å². The molecule has 0 unspecified atom stereocenters. The van der Waals surface area contributed by atoms with Crippen LogP contribution in [-0.2, 0) is 19.1 Å². The minimum absolute atomic E-state index is 0.0249. The lowest BCUT2D eigenvalue weighted by Crippen LogP contribution is -2.09. The number of ether oxygens (including phenoxy) is 2. The van der Waals surface area contributed by atoms with Crippen LogP contribution in [0.4, 0.5) is 11.4 Å². The van der Waals surface area contributed by atoms with Crippen molar-refractivity contribution in [2.24, 2.45) is 0 Å². The Morgan fingerprint density at radius 3 is 1.45 bits per heavy atom. The summed E-state index contributed by atoms with van der Waals surface area (Å²) in [6.07, 6.45) is 2.70. The maximum absolute atomic E-state index is 12.9. The van der Waals surface area contributed by atoms with E-state index in [0.29, 0.717) is 11.1 Å². The van der Waals surface area contributed by atoms with Crippen molar-refractivity contribution in [2.45, 2.75) is 13.8 Å². The number of esters is 2. The van der Waals surface area contributed by atoms with Crippen molar-refractivity contribution in [3.8, 4) is 0 Å². The summed E-state index contributed by atoms with van der Waals surface area (Å²) in [5, 5.41) is 23.0. The quantitative estimate of drug-likeness (QED) is 0.110. The second-order valence-electron chi connectivity index (χ2n) is 7.77. The minimum Gasteiger partial charge on any atom is -0.462 e. The highest BCUT2D eigenvalue weighted by molar-refractivity contribution is 6.24. The first-order valence-electron chi connectivity index (χ1n) is 11.6. The van der Waals surface area contributed by atoms with Gasteiger partial charge in [-0.05, 0) is 55.3 Å². The van der Waals surface area contributed by atoms with Crippen LogP contribution in [0.25, 0.3) is 23.3 Å². The van der Waals surface area contributed by atoms with E-state index in [0.717, 1.165) is 0 Å². The summed E-state index contributed by atoms with van der Waals surface area (Å²) in [7, 11) is 0. The Labute approximate surface area is 218 Å². The molecule has 10 nitrogen and oxygen atoms in total. The normalized spacial score (nSPS) is 11.5. The molecular formula is C28H24N2O8. The topological polar surface area (TPSA) is 139 Å². The van der Waals surface area contributed by atoms with Gasteiger partial charge in [0, 0.05) is 12.1 Å². The second kappa shape index (κ2) is 12.7. The van der Waals surface area contributed by atoms with E-state index in [1.54, 1.807) is 44.2 Å². The zero-order valence-electron chi connectivity index (χ0n) is 20.7. The van der Waals surface area contributed by atoms with Crippen molar-refractivity contribution in [1.29, 1.82) is 0 Å². The Hall–Kier alpha value is -5.12. The Kier molecular flexibility index (Phi) is 9.20. The van der Waals surface area contributed by atoms with Crippen LogP contribution < -0.4 is 0 Å². The third kappa shape index (κ3) is 6.55. The van der Waals surface area contributed by atoms with Crippen molar-refractivity contribution in [3.05, 3.63) is 115 Å². The van der Waals surface area contributed by atoms with Gasteiger partial charge >= 0.3 is 11.9 Å². The van der Waals surface area contributed by atoms with Gasteiger partial charge in [0.25, 0.3) is 11.4 Å². The van der Waals surface area contributed by atoms with Crippen LogP contribution >= 0.6 is 0 Å². The molecule has 0 aliphatic carbocycles. The molecule has 0 radical (unpaired) electrons. The van der Waals surface area contributed by atoms with Crippen molar-refractivity contribution >= 4 is 46.6 Å². The van der Waals surface area contributed by atoms with E-state index < -0.39 is 21.8 Å². The van der Waals surface area contributed by atoms with Crippen LogP contribution in [0.3, 0.4) is 0 Å². The maximum Gasteiger partial charge on any atom is 0.338 e. The van der Waals surface area contributed by atoms with Gasteiger partial charge in [-0.2, -0.15) is 0 Å². The van der Waals surface area contributed by atoms with E-state index in [2.05, 4.69) is 0 Å². The summed E-state index contributed by atoms with van der Waals surface area (Å²) < 4.78 is 10.4. The molecule has 0 fully saturated rings. The summed E-state index contributed by atoms with van der Waals surface area (Å²) >= 11 is 0. The molecule has 0 spiro atoms. The highest BCUT2D eigenvalue weighted by Gasteiger charge is 2.21. The number of benzene rings is 3. The molecule has 0 saturated carbocycles. The van der Waals surface area contributed by atoms with E-state index >= 15 is 0 Å². The molecule has 38 heavy (non-hydrogen) atoms. The summed E-state index contributed by atoms with van der Waals surface area (Å²) in [6.45, 7) is 3.40. The highest BCUT2D eigenvalue weighted by atomic mass is 16.6. The van der Waals surface area contributed by atoms with Crippen molar-refractivity contribution in [2.75, 3.05) is 13.2 Å². The largest absolute Gasteiger partial charge is 0.462 e. The molecule has 0 amide bonds. The summed E-state index contributed by atoms with van der Waals surface area (Å²) in [5.74, 6) is -1.44. The van der Waals surface area contributed by atoms with Crippen molar-refractivity contribution < 1.29 is 28.9 Å². The van der Waals surface area contributed by atoms with Crippen molar-refractivity contribution in [1.82, 2.24) is 0 Å². The van der Waals surface area contributed by atoms with Gasteiger partial charge in [-0.3, -0.25) is 20.2 Å². The molecule has 0 bridgehead atoms. The Morgan fingerprint density at radius 1 is 0.684 bits per heavy atom. The molecule has 194 valence electrons. The summed E-state index contributed by atoms with van der Waals surface area (Å²) in [6, 6.07) is 18.2. The first kappa shape index (κ1) is 27.5. The number of nitro benzene ring substituents is 2. The Balaban J connectivity index is 2.21. The molecule has 0 N–H and O–H groups in total. The van der Waals surface area contributed by atoms with Gasteiger partial charge in [-0.25, -0.2) is 9.59 Å². The fourth-order valence-electron chi connectivity index (χ4n) is 3.65. The number of hydrogen-bond donors (Lipinski definition) is 0. The molecule has 0 heterocycles. The molecule has 0 saturated heterocycles. The maximum atomic E-state index is 12.9. The van der Waals surface area contributed by atoms with Gasteiger partial charge in [-0.1, -0.05) is 42.5 Å². The standard InChI is InChI=1S/C28H24N2O8/c1-3-37-27(31)23(17-21-10-5-7-14-25(21)29(33)34)19-12-9-13-20(16-19)24(28(32)38-4-2)18-22-11-6-8-15-26(22)30(35)36/h5-18H,3-4H2,1-2H3. The first-order chi connectivity index (χ1) is 18.3. The third-order valence-corrected chi connectivity index (χ3v) is 5.34. The van der Waals surface area contributed by atoms with E-state index in [4.69, 9.17) is 9.47 Å². The molecule has 3 aromatic carbocycles. The number of nitro groups is 2. The van der Waals surface area contributed by atoms with Gasteiger partial charge < -0.3 is 9.47 Å². The molecule has 0 aliphatic rings. The van der Waals surface area contributed by atoms with Gasteiger partial charge in [0.1, 0.15) is 0 Å². The minimum atomic E-state index is -0.719. The lowest BCUT2D eigenvalue weighted by Gasteiger charge is -2.12. The van der Waals surface area contributed by atoms with Gasteiger partial charge in [0.05, 0.1) is 45.3 Å². The van der Waals surface area contributed by atoms with Gasteiger partial charge in [-0.15, -0.1) is 0 Å². The number of carbonyl (C=O) groups excluding carboxylic acids is 2. The van der Waals surface area contributed by atoms with Crippen LogP contribution in [0.1, 0.15) is 36.1 Å². The Bertz CT molecular complexity index is 1340. The molecule has 3 rings (SSSR count). The molecule has 10 heteroatoms. The number of hydrogen-bond acceptors (Lipinski definition) is 8. The van der Waals surface area contributed by atoms with Gasteiger partial charge in [0.15, 0.2) is 0 Å². The fraction of sp³-hybridized carbons (Fsp3) is 0.143. The average Bonchev–Trinajstić information content (AvgIpc) is 2.90. The zero-order valence-corrected chi connectivity index (χ0v) is 20.7. The molecule has 0 aliphatic heterocycles. The summed E-state index contributed by atoms with van der Waals surface area (Å²) in [5.41, 5.74) is 0.657. The van der Waals surface area contributed by atoms with Crippen LogP contribution in [0.2, 0.25) is 0 Å². The molecule has 0 aromatic heterocycles. The zero-order chi connectivity index (χ0) is 27.7. The Morgan fingerprint density at radius 2 is 1.08 bits per heavy atom. The predicted octanol–water partition coefficient (Wildman–Crippen LogP) is 5.71. The SMILES string of the molecule is CCOC(=O)C(=Cc1ccccc1[N+](=O)[O-])c1cccc(C(=Cc2ccccc2[N+](=O)[O-])C(=O)OCC)c1. The van der Waals surface area contributed by atoms with E-state index in [9.17, 15) is 29.8 Å². The first-order valence-corrected chi connectivity index (χ1v) is 11.6. The van der Waals surface area contributed by atoms with Crippen molar-refractivity contribution in [3.63, 3.8) is 0 Å². The number of rotatable bonds is 10. The fourth-order valence-corrected chi connectivity index (χ4v) is 3.65. The molecular weight excluding hydrogens is 492 g/mol. The van der Waals surface area contributed by atoms with E-state index in [1.807, 2.05) is 0 Å². The lowest BCUT2D eigenvalue weighted by molar-refractivity contribution is -0.385. The number of nitrogens with zero attached hydrogens (tertiary/aromatic N) is 2.